The maximum absolute atomic E-state index is 6.20. The quantitative estimate of drug-likeness (QED) is 0.914. The van der Waals surface area contributed by atoms with Crippen molar-refractivity contribution < 1.29 is 0 Å². The first-order chi connectivity index (χ1) is 9.13. The molecule has 0 bridgehead atoms. The van der Waals surface area contributed by atoms with E-state index >= 15 is 0 Å². The molecule has 2 aromatic heterocycles. The zero-order valence-corrected chi connectivity index (χ0v) is 12.3. The van der Waals surface area contributed by atoms with Gasteiger partial charge in [-0.15, -0.1) is 0 Å². The van der Waals surface area contributed by atoms with Crippen LogP contribution >= 0.6 is 11.6 Å². The molecule has 0 aliphatic carbocycles. The van der Waals surface area contributed by atoms with E-state index in [0.717, 1.165) is 29.9 Å². The first-order valence-electron chi connectivity index (χ1n) is 6.45. The molecule has 0 atom stereocenters. The van der Waals surface area contributed by atoms with E-state index in [9.17, 15) is 0 Å². The molecule has 19 heavy (non-hydrogen) atoms. The van der Waals surface area contributed by atoms with Crippen LogP contribution in [-0.2, 0) is 26.6 Å². The number of hydrogen-bond donors (Lipinski definition) is 1. The van der Waals surface area contributed by atoms with Crippen molar-refractivity contribution in [3.63, 3.8) is 0 Å². The number of aromatic nitrogens is 3. The molecular weight excluding hydrogens is 260 g/mol. The number of aryl methyl sites for hydroxylation is 3. The van der Waals surface area contributed by atoms with E-state index in [4.69, 9.17) is 11.6 Å². The summed E-state index contributed by atoms with van der Waals surface area (Å²) in [5.74, 6) is 0. The molecule has 2 rings (SSSR count). The summed E-state index contributed by atoms with van der Waals surface area (Å²) in [4.78, 5) is 4.41. The lowest BCUT2D eigenvalue weighted by Gasteiger charge is -2.08. The molecule has 0 aliphatic heterocycles. The van der Waals surface area contributed by atoms with Crippen LogP contribution in [0.4, 0.5) is 0 Å². The van der Waals surface area contributed by atoms with Crippen LogP contribution in [0.5, 0.6) is 0 Å². The lowest BCUT2D eigenvalue weighted by molar-refractivity contribution is 0.671. The molecule has 4 nitrogen and oxygen atoms in total. The minimum Gasteiger partial charge on any atom is -0.307 e. The van der Waals surface area contributed by atoms with Gasteiger partial charge in [0.25, 0.3) is 0 Å². The van der Waals surface area contributed by atoms with Gasteiger partial charge in [0.15, 0.2) is 0 Å². The molecule has 0 aromatic carbocycles. The second-order valence-corrected chi connectivity index (χ2v) is 4.90. The van der Waals surface area contributed by atoms with Crippen LogP contribution in [0.2, 0.25) is 5.15 Å². The Bertz CT molecular complexity index is 563. The average molecular weight is 279 g/mol. The Hall–Kier alpha value is -1.39. The third kappa shape index (κ3) is 3.14. The van der Waals surface area contributed by atoms with Gasteiger partial charge in [0.2, 0.25) is 0 Å². The highest BCUT2D eigenvalue weighted by Gasteiger charge is 2.10. The molecule has 1 N–H and O–H groups in total. The van der Waals surface area contributed by atoms with Gasteiger partial charge < -0.3 is 5.32 Å². The van der Waals surface area contributed by atoms with Crippen molar-refractivity contribution in [1.82, 2.24) is 20.1 Å². The van der Waals surface area contributed by atoms with E-state index in [0.29, 0.717) is 11.7 Å². The van der Waals surface area contributed by atoms with Gasteiger partial charge >= 0.3 is 0 Å². The average Bonchev–Trinajstić information content (AvgIpc) is 2.65. The molecule has 0 aliphatic rings. The SMILES string of the molecule is CCc1cccnc1CNCc1c(C)nn(C)c1Cl. The highest BCUT2D eigenvalue weighted by Crippen LogP contribution is 2.18. The summed E-state index contributed by atoms with van der Waals surface area (Å²) >= 11 is 6.20. The number of halogens is 1. The minimum atomic E-state index is 0.696. The number of nitrogens with zero attached hydrogens (tertiary/aromatic N) is 3. The van der Waals surface area contributed by atoms with Crippen LogP contribution in [0.25, 0.3) is 0 Å². The maximum Gasteiger partial charge on any atom is 0.131 e. The van der Waals surface area contributed by atoms with Crippen LogP contribution in [0.15, 0.2) is 18.3 Å². The minimum absolute atomic E-state index is 0.696. The molecule has 2 aromatic rings. The van der Waals surface area contributed by atoms with E-state index in [-0.39, 0.29) is 0 Å². The summed E-state index contributed by atoms with van der Waals surface area (Å²) in [5.41, 5.74) is 4.40. The van der Waals surface area contributed by atoms with Gasteiger partial charge in [-0.1, -0.05) is 24.6 Å². The second-order valence-electron chi connectivity index (χ2n) is 4.54. The fraction of sp³-hybridized carbons (Fsp3) is 0.429. The van der Waals surface area contributed by atoms with Gasteiger partial charge in [-0.3, -0.25) is 9.67 Å². The van der Waals surface area contributed by atoms with E-state index in [2.05, 4.69) is 28.4 Å². The Kier molecular flexibility index (Phi) is 4.56. The molecule has 0 radical (unpaired) electrons. The first-order valence-corrected chi connectivity index (χ1v) is 6.82. The van der Waals surface area contributed by atoms with Gasteiger partial charge in [0.1, 0.15) is 5.15 Å². The molecule has 0 spiro atoms. The van der Waals surface area contributed by atoms with Crippen LogP contribution in [0, 0.1) is 6.92 Å². The van der Waals surface area contributed by atoms with Gasteiger partial charge in [0, 0.05) is 31.9 Å². The molecule has 0 amide bonds. The molecule has 0 fully saturated rings. The predicted molar refractivity (Wildman–Crippen MR) is 77.1 cm³/mol. The van der Waals surface area contributed by atoms with Crippen LogP contribution in [0.1, 0.15) is 29.4 Å². The van der Waals surface area contributed by atoms with Gasteiger partial charge in [-0.2, -0.15) is 5.10 Å². The number of nitrogens with one attached hydrogen (secondary N) is 1. The zero-order chi connectivity index (χ0) is 13.8. The van der Waals surface area contributed by atoms with Crippen molar-refractivity contribution in [3.8, 4) is 0 Å². The van der Waals surface area contributed by atoms with E-state index in [1.807, 2.05) is 26.2 Å². The summed E-state index contributed by atoms with van der Waals surface area (Å²) in [6, 6.07) is 4.09. The standard InChI is InChI=1S/C14H19ClN4/c1-4-11-6-5-7-17-13(11)9-16-8-12-10(2)18-19(3)14(12)15/h5-7,16H,4,8-9H2,1-3H3. The Labute approximate surface area is 118 Å². The van der Waals surface area contributed by atoms with E-state index < -0.39 is 0 Å². The zero-order valence-electron chi connectivity index (χ0n) is 11.6. The van der Waals surface area contributed by atoms with Crippen molar-refractivity contribution in [2.75, 3.05) is 0 Å². The lowest BCUT2D eigenvalue weighted by atomic mass is 10.1. The Morgan fingerprint density at radius 1 is 1.37 bits per heavy atom. The van der Waals surface area contributed by atoms with Crippen molar-refractivity contribution in [3.05, 3.63) is 46.0 Å². The largest absolute Gasteiger partial charge is 0.307 e. The molecule has 5 heteroatoms. The highest BCUT2D eigenvalue weighted by atomic mass is 35.5. The summed E-state index contributed by atoms with van der Waals surface area (Å²) < 4.78 is 1.70. The number of pyridine rings is 1. The van der Waals surface area contributed by atoms with Crippen molar-refractivity contribution in [1.29, 1.82) is 0 Å². The molecule has 102 valence electrons. The Morgan fingerprint density at radius 3 is 2.79 bits per heavy atom. The smallest absolute Gasteiger partial charge is 0.131 e. The molecule has 0 saturated carbocycles. The summed E-state index contributed by atoms with van der Waals surface area (Å²) in [6.07, 6.45) is 2.83. The Balaban J connectivity index is 2.00. The number of hydrogen-bond acceptors (Lipinski definition) is 3. The van der Waals surface area contributed by atoms with Crippen molar-refractivity contribution >= 4 is 11.6 Å². The van der Waals surface area contributed by atoms with Gasteiger partial charge in [0.05, 0.1) is 11.4 Å². The topological polar surface area (TPSA) is 42.7 Å². The van der Waals surface area contributed by atoms with Crippen molar-refractivity contribution in [2.24, 2.45) is 7.05 Å². The van der Waals surface area contributed by atoms with Crippen LogP contribution < -0.4 is 5.32 Å². The van der Waals surface area contributed by atoms with E-state index in [1.165, 1.54) is 5.56 Å². The summed E-state index contributed by atoms with van der Waals surface area (Å²) in [7, 11) is 1.85. The molecule has 0 unspecified atom stereocenters. The maximum atomic E-state index is 6.20. The number of rotatable bonds is 5. The van der Waals surface area contributed by atoms with Crippen LogP contribution in [-0.4, -0.2) is 14.8 Å². The second kappa shape index (κ2) is 6.17. The third-order valence-corrected chi connectivity index (χ3v) is 3.70. The highest BCUT2D eigenvalue weighted by molar-refractivity contribution is 6.30. The Morgan fingerprint density at radius 2 is 2.16 bits per heavy atom. The predicted octanol–water partition coefficient (Wildman–Crippen LogP) is 2.63. The van der Waals surface area contributed by atoms with Gasteiger partial charge in [-0.05, 0) is 25.0 Å². The monoisotopic (exact) mass is 278 g/mol. The van der Waals surface area contributed by atoms with Crippen LogP contribution in [0.3, 0.4) is 0 Å². The third-order valence-electron chi connectivity index (χ3n) is 3.23. The molecule has 2 heterocycles. The summed E-state index contributed by atoms with van der Waals surface area (Å²) in [6.45, 7) is 5.57. The fourth-order valence-electron chi connectivity index (χ4n) is 2.13. The van der Waals surface area contributed by atoms with E-state index in [1.54, 1.807) is 4.68 Å². The fourth-order valence-corrected chi connectivity index (χ4v) is 2.37. The normalized spacial score (nSPS) is 10.9. The van der Waals surface area contributed by atoms with Gasteiger partial charge in [-0.25, -0.2) is 0 Å². The molecule has 0 saturated heterocycles. The summed E-state index contributed by atoms with van der Waals surface area (Å²) in [5, 5.41) is 8.38. The molecular formula is C14H19ClN4. The van der Waals surface area contributed by atoms with Crippen molar-refractivity contribution in [2.45, 2.75) is 33.4 Å². The lowest BCUT2D eigenvalue weighted by Crippen LogP contribution is -2.15. The first kappa shape index (κ1) is 14.0.